The second kappa shape index (κ2) is 9.16. The van der Waals surface area contributed by atoms with Crippen LogP contribution in [0.5, 0.6) is 0 Å². The van der Waals surface area contributed by atoms with E-state index in [4.69, 9.17) is 4.99 Å². The Balaban J connectivity index is 1.46. The van der Waals surface area contributed by atoms with Crippen LogP contribution in [-0.4, -0.2) is 60.6 Å². The Morgan fingerprint density at radius 1 is 1.13 bits per heavy atom. The lowest BCUT2D eigenvalue weighted by molar-refractivity contribution is 0.242. The van der Waals surface area contributed by atoms with Crippen LogP contribution >= 0.6 is 11.8 Å². The molecule has 2 saturated heterocycles. The van der Waals surface area contributed by atoms with Gasteiger partial charge in [-0.3, -0.25) is 9.89 Å². The first-order chi connectivity index (χ1) is 11.3. The summed E-state index contributed by atoms with van der Waals surface area (Å²) in [6.07, 6.45) is 9.65. The summed E-state index contributed by atoms with van der Waals surface area (Å²) in [6.45, 7) is 6.57. The van der Waals surface area contributed by atoms with Gasteiger partial charge in [-0.2, -0.15) is 11.8 Å². The standard InChI is InChI=1S/C18H34N4S/c1-2-19-18(20-13-15-8-11-23-12-9-15)21-16-7-10-22(14-16)17-5-3-4-6-17/h15-17H,2-14H2,1H3,(H2,19,20,21). The molecule has 0 amide bonds. The predicted octanol–water partition coefficient (Wildman–Crippen LogP) is 2.70. The summed E-state index contributed by atoms with van der Waals surface area (Å²) in [5, 5.41) is 7.15. The lowest BCUT2D eigenvalue weighted by Crippen LogP contribution is -2.45. The van der Waals surface area contributed by atoms with Crippen LogP contribution in [0.3, 0.4) is 0 Å². The molecule has 3 aliphatic rings. The van der Waals surface area contributed by atoms with Crippen LogP contribution in [0.25, 0.3) is 0 Å². The Hall–Kier alpha value is -0.420. The van der Waals surface area contributed by atoms with E-state index in [-0.39, 0.29) is 0 Å². The number of rotatable bonds is 5. The van der Waals surface area contributed by atoms with Gasteiger partial charge in [0.05, 0.1) is 0 Å². The normalized spacial score (nSPS) is 28.4. The molecule has 23 heavy (non-hydrogen) atoms. The first-order valence-electron chi connectivity index (χ1n) is 9.71. The van der Waals surface area contributed by atoms with Crippen molar-refractivity contribution in [3.8, 4) is 0 Å². The van der Waals surface area contributed by atoms with Crippen molar-refractivity contribution in [1.29, 1.82) is 0 Å². The largest absolute Gasteiger partial charge is 0.357 e. The van der Waals surface area contributed by atoms with E-state index in [9.17, 15) is 0 Å². The number of hydrogen-bond acceptors (Lipinski definition) is 3. The molecule has 2 N–H and O–H groups in total. The summed E-state index contributed by atoms with van der Waals surface area (Å²) in [4.78, 5) is 7.60. The highest BCUT2D eigenvalue weighted by molar-refractivity contribution is 7.99. The zero-order valence-corrected chi connectivity index (χ0v) is 15.5. The monoisotopic (exact) mass is 338 g/mol. The van der Waals surface area contributed by atoms with Crippen LogP contribution in [0.15, 0.2) is 4.99 Å². The summed E-state index contributed by atoms with van der Waals surface area (Å²) in [7, 11) is 0. The van der Waals surface area contributed by atoms with Crippen molar-refractivity contribution in [2.45, 2.75) is 64.0 Å². The minimum absolute atomic E-state index is 0.579. The molecule has 0 aromatic rings. The van der Waals surface area contributed by atoms with Crippen molar-refractivity contribution >= 4 is 17.7 Å². The molecule has 0 radical (unpaired) electrons. The SMILES string of the molecule is CCNC(=NCC1CCSCC1)NC1CCN(C2CCCC2)C1. The topological polar surface area (TPSA) is 39.7 Å². The molecule has 3 fully saturated rings. The van der Waals surface area contributed by atoms with Gasteiger partial charge >= 0.3 is 0 Å². The molecule has 0 aromatic carbocycles. The molecule has 3 rings (SSSR count). The summed E-state index contributed by atoms with van der Waals surface area (Å²) in [5.74, 6) is 4.49. The van der Waals surface area contributed by atoms with Crippen LogP contribution in [0, 0.1) is 5.92 Å². The maximum Gasteiger partial charge on any atom is 0.191 e. The van der Waals surface area contributed by atoms with E-state index in [1.165, 1.54) is 69.5 Å². The maximum absolute atomic E-state index is 4.89. The number of hydrogen-bond donors (Lipinski definition) is 2. The van der Waals surface area contributed by atoms with Crippen molar-refractivity contribution in [1.82, 2.24) is 15.5 Å². The number of likely N-dealkylation sites (tertiary alicyclic amines) is 1. The van der Waals surface area contributed by atoms with Crippen LogP contribution in [0.1, 0.15) is 51.9 Å². The lowest BCUT2D eigenvalue weighted by atomic mass is 10.0. The van der Waals surface area contributed by atoms with Gasteiger partial charge in [0, 0.05) is 38.3 Å². The zero-order valence-electron chi connectivity index (χ0n) is 14.7. The lowest BCUT2D eigenvalue weighted by Gasteiger charge is -2.24. The molecule has 1 unspecified atom stereocenters. The van der Waals surface area contributed by atoms with Gasteiger partial charge in [-0.25, -0.2) is 0 Å². The fourth-order valence-electron chi connectivity index (χ4n) is 4.17. The van der Waals surface area contributed by atoms with Crippen LogP contribution in [0.2, 0.25) is 0 Å². The fourth-order valence-corrected chi connectivity index (χ4v) is 5.37. The molecule has 132 valence electrons. The second-order valence-electron chi connectivity index (χ2n) is 7.34. The van der Waals surface area contributed by atoms with Crippen molar-refractivity contribution < 1.29 is 0 Å². The van der Waals surface area contributed by atoms with Crippen LogP contribution < -0.4 is 10.6 Å². The van der Waals surface area contributed by atoms with E-state index >= 15 is 0 Å². The Morgan fingerprint density at radius 2 is 1.91 bits per heavy atom. The van der Waals surface area contributed by atoms with Crippen molar-refractivity contribution in [3.63, 3.8) is 0 Å². The average molecular weight is 339 g/mol. The average Bonchev–Trinajstić information content (AvgIpc) is 3.25. The third-order valence-electron chi connectivity index (χ3n) is 5.59. The molecular formula is C18H34N4S. The van der Waals surface area contributed by atoms with Crippen molar-refractivity contribution in [2.24, 2.45) is 10.9 Å². The summed E-state index contributed by atoms with van der Waals surface area (Å²) in [6, 6.07) is 1.44. The van der Waals surface area contributed by atoms with E-state index in [1.54, 1.807) is 0 Å². The summed E-state index contributed by atoms with van der Waals surface area (Å²) in [5.41, 5.74) is 0. The van der Waals surface area contributed by atoms with E-state index < -0.39 is 0 Å². The van der Waals surface area contributed by atoms with Crippen LogP contribution in [0.4, 0.5) is 0 Å². The third-order valence-corrected chi connectivity index (χ3v) is 6.64. The molecule has 2 aliphatic heterocycles. The predicted molar refractivity (Wildman–Crippen MR) is 101 cm³/mol. The number of nitrogens with one attached hydrogen (secondary N) is 2. The van der Waals surface area contributed by atoms with E-state index in [1.807, 2.05) is 0 Å². The molecule has 0 bridgehead atoms. The Kier molecular flexibility index (Phi) is 6.94. The van der Waals surface area contributed by atoms with E-state index in [0.717, 1.165) is 31.0 Å². The highest BCUT2D eigenvalue weighted by Gasteiger charge is 2.30. The van der Waals surface area contributed by atoms with Gasteiger partial charge in [0.1, 0.15) is 0 Å². The fraction of sp³-hybridized carbons (Fsp3) is 0.944. The number of thioether (sulfide) groups is 1. The molecule has 0 aromatic heterocycles. The van der Waals surface area contributed by atoms with Crippen LogP contribution in [-0.2, 0) is 0 Å². The van der Waals surface area contributed by atoms with Crippen molar-refractivity contribution in [2.75, 3.05) is 37.7 Å². The number of guanidine groups is 1. The highest BCUT2D eigenvalue weighted by atomic mass is 32.2. The molecular weight excluding hydrogens is 304 g/mol. The molecule has 2 heterocycles. The number of nitrogens with zero attached hydrogens (tertiary/aromatic N) is 2. The minimum atomic E-state index is 0.579. The summed E-state index contributed by atoms with van der Waals surface area (Å²) < 4.78 is 0. The van der Waals surface area contributed by atoms with Gasteiger partial charge in [-0.1, -0.05) is 12.8 Å². The number of aliphatic imine (C=N–C) groups is 1. The van der Waals surface area contributed by atoms with Gasteiger partial charge in [-0.15, -0.1) is 0 Å². The van der Waals surface area contributed by atoms with Gasteiger partial charge in [0.2, 0.25) is 0 Å². The Labute approximate surface area is 146 Å². The summed E-state index contributed by atoms with van der Waals surface area (Å²) >= 11 is 2.10. The quantitative estimate of drug-likeness (QED) is 0.597. The Bertz CT molecular complexity index is 375. The Morgan fingerprint density at radius 3 is 2.65 bits per heavy atom. The smallest absolute Gasteiger partial charge is 0.191 e. The molecule has 4 nitrogen and oxygen atoms in total. The first kappa shape index (κ1) is 17.4. The maximum atomic E-state index is 4.89. The molecule has 0 spiro atoms. The van der Waals surface area contributed by atoms with Gasteiger partial charge < -0.3 is 10.6 Å². The third kappa shape index (κ3) is 5.28. The molecule has 5 heteroatoms. The van der Waals surface area contributed by atoms with Gasteiger partial charge in [-0.05, 0) is 56.5 Å². The highest BCUT2D eigenvalue weighted by Crippen LogP contribution is 2.26. The van der Waals surface area contributed by atoms with E-state index in [0.29, 0.717) is 6.04 Å². The molecule has 1 aliphatic carbocycles. The zero-order chi connectivity index (χ0) is 15.9. The second-order valence-corrected chi connectivity index (χ2v) is 8.56. The van der Waals surface area contributed by atoms with Gasteiger partial charge in [0.15, 0.2) is 5.96 Å². The van der Waals surface area contributed by atoms with Gasteiger partial charge in [0.25, 0.3) is 0 Å². The minimum Gasteiger partial charge on any atom is -0.357 e. The van der Waals surface area contributed by atoms with Crippen molar-refractivity contribution in [3.05, 3.63) is 0 Å². The first-order valence-corrected chi connectivity index (χ1v) is 10.9. The van der Waals surface area contributed by atoms with E-state index in [2.05, 4.69) is 34.2 Å². The molecule has 1 atom stereocenters. The molecule has 1 saturated carbocycles.